The van der Waals surface area contributed by atoms with Crippen molar-refractivity contribution in [3.63, 3.8) is 0 Å². The lowest BCUT2D eigenvalue weighted by Gasteiger charge is -2.11. The van der Waals surface area contributed by atoms with Gasteiger partial charge in [0.15, 0.2) is 0 Å². The minimum Gasteiger partial charge on any atom is -0.374 e. The van der Waals surface area contributed by atoms with Crippen LogP contribution in [0.1, 0.15) is 38.7 Å². The molecule has 0 N–H and O–H groups in total. The maximum absolute atomic E-state index is 5.68. The molecule has 0 heterocycles. The van der Waals surface area contributed by atoms with Gasteiger partial charge >= 0.3 is 0 Å². The zero-order valence-corrected chi connectivity index (χ0v) is 10.4. The first-order valence-corrected chi connectivity index (χ1v) is 6.21. The van der Waals surface area contributed by atoms with Gasteiger partial charge in [-0.05, 0) is 18.9 Å². The Balaban J connectivity index is 2.50. The quantitative estimate of drug-likeness (QED) is 0.663. The molecule has 16 heavy (non-hydrogen) atoms. The fraction of sp³-hybridized carbons (Fsp3) is 0.467. The monoisotopic (exact) mass is 218 g/mol. The van der Waals surface area contributed by atoms with Crippen LogP contribution in [0.3, 0.4) is 0 Å². The highest BCUT2D eigenvalue weighted by molar-refractivity contribution is 5.49. The van der Waals surface area contributed by atoms with Gasteiger partial charge in [-0.2, -0.15) is 0 Å². The largest absolute Gasteiger partial charge is 0.374 e. The minimum atomic E-state index is 0.269. The van der Waals surface area contributed by atoms with Crippen LogP contribution < -0.4 is 0 Å². The van der Waals surface area contributed by atoms with Gasteiger partial charge in [0.2, 0.25) is 0 Å². The molecule has 0 fully saturated rings. The fourth-order valence-electron chi connectivity index (χ4n) is 1.64. The normalized spacial score (nSPS) is 13.1. The number of hydrogen-bond acceptors (Lipinski definition) is 1. The van der Waals surface area contributed by atoms with Gasteiger partial charge in [0.25, 0.3) is 0 Å². The van der Waals surface area contributed by atoms with Crippen molar-refractivity contribution >= 4 is 6.08 Å². The molecule has 0 aliphatic carbocycles. The Hall–Kier alpha value is -1.08. The predicted octanol–water partition coefficient (Wildman–Crippen LogP) is 4.30. The summed E-state index contributed by atoms with van der Waals surface area (Å²) in [6.45, 7) is 5.05. The summed E-state index contributed by atoms with van der Waals surface area (Å²) >= 11 is 0. The van der Waals surface area contributed by atoms with E-state index in [1.807, 2.05) is 6.07 Å². The van der Waals surface area contributed by atoms with Crippen molar-refractivity contribution in [2.45, 2.75) is 39.2 Å². The highest BCUT2D eigenvalue weighted by Gasteiger charge is 2.02. The van der Waals surface area contributed by atoms with E-state index < -0.39 is 0 Å². The van der Waals surface area contributed by atoms with E-state index in [-0.39, 0.29) is 6.10 Å². The zero-order chi connectivity index (χ0) is 11.6. The van der Waals surface area contributed by atoms with Crippen LogP contribution in [0.15, 0.2) is 36.4 Å². The molecule has 1 heteroatoms. The van der Waals surface area contributed by atoms with Crippen LogP contribution in [0.5, 0.6) is 0 Å². The third-order valence-electron chi connectivity index (χ3n) is 2.53. The summed E-state index contributed by atoms with van der Waals surface area (Å²) in [6, 6.07) is 10.4. The summed E-state index contributed by atoms with van der Waals surface area (Å²) in [7, 11) is 0. The molecule has 1 aromatic rings. The third-order valence-corrected chi connectivity index (χ3v) is 2.53. The average molecular weight is 218 g/mol. The Labute approximate surface area is 99.1 Å². The van der Waals surface area contributed by atoms with Gasteiger partial charge in [-0.15, -0.1) is 0 Å². The Morgan fingerprint density at radius 3 is 2.56 bits per heavy atom. The lowest BCUT2D eigenvalue weighted by Crippen LogP contribution is -2.09. The molecule has 0 aliphatic rings. The minimum absolute atomic E-state index is 0.269. The van der Waals surface area contributed by atoms with Crippen LogP contribution in [0.2, 0.25) is 0 Å². The number of benzene rings is 1. The van der Waals surface area contributed by atoms with Gasteiger partial charge < -0.3 is 4.74 Å². The van der Waals surface area contributed by atoms with Gasteiger partial charge in [0.05, 0.1) is 6.10 Å². The topological polar surface area (TPSA) is 9.23 Å². The maximum atomic E-state index is 5.68. The highest BCUT2D eigenvalue weighted by atomic mass is 16.5. The second-order valence-corrected chi connectivity index (χ2v) is 3.91. The standard InChI is InChI=1S/C15H22O/c1-3-5-11-15(16-4-2)13-12-14-9-7-6-8-10-14/h6-10,12-13,15H,3-5,11H2,1-2H3/b13-12+. The molecule has 88 valence electrons. The molecule has 1 aromatic carbocycles. The van der Waals surface area contributed by atoms with Gasteiger partial charge in [-0.25, -0.2) is 0 Å². The molecule has 0 saturated heterocycles. The van der Waals surface area contributed by atoms with E-state index in [0.29, 0.717) is 0 Å². The summed E-state index contributed by atoms with van der Waals surface area (Å²) < 4.78 is 5.68. The summed E-state index contributed by atoms with van der Waals surface area (Å²) in [6.07, 6.45) is 8.16. The van der Waals surface area contributed by atoms with Crippen LogP contribution in [0.25, 0.3) is 6.08 Å². The average Bonchev–Trinajstić information content (AvgIpc) is 2.34. The Morgan fingerprint density at radius 2 is 1.94 bits per heavy atom. The molecule has 0 aliphatic heterocycles. The fourth-order valence-corrected chi connectivity index (χ4v) is 1.64. The maximum Gasteiger partial charge on any atom is 0.0758 e. The summed E-state index contributed by atoms with van der Waals surface area (Å²) in [5.74, 6) is 0. The number of ether oxygens (including phenoxy) is 1. The second kappa shape index (κ2) is 8.12. The van der Waals surface area contributed by atoms with Crippen molar-refractivity contribution < 1.29 is 4.74 Å². The van der Waals surface area contributed by atoms with Crippen LogP contribution in [-0.2, 0) is 4.74 Å². The Kier molecular flexibility index (Phi) is 6.59. The third kappa shape index (κ3) is 5.13. The smallest absolute Gasteiger partial charge is 0.0758 e. The van der Waals surface area contributed by atoms with Gasteiger partial charge in [0.1, 0.15) is 0 Å². The summed E-state index contributed by atoms with van der Waals surface area (Å²) in [5, 5.41) is 0. The molecule has 1 nitrogen and oxygen atoms in total. The van der Waals surface area contributed by atoms with Crippen molar-refractivity contribution in [2.75, 3.05) is 6.61 Å². The van der Waals surface area contributed by atoms with E-state index in [2.05, 4.69) is 50.3 Å². The molecule has 0 radical (unpaired) electrons. The first-order chi connectivity index (χ1) is 7.86. The van der Waals surface area contributed by atoms with Crippen LogP contribution in [-0.4, -0.2) is 12.7 Å². The Bertz CT molecular complexity index is 290. The van der Waals surface area contributed by atoms with Crippen molar-refractivity contribution in [3.05, 3.63) is 42.0 Å². The predicted molar refractivity (Wildman–Crippen MR) is 70.4 cm³/mol. The van der Waals surface area contributed by atoms with Gasteiger partial charge in [-0.1, -0.05) is 62.2 Å². The molecule has 0 amide bonds. The van der Waals surface area contributed by atoms with Crippen molar-refractivity contribution in [2.24, 2.45) is 0 Å². The van der Waals surface area contributed by atoms with Gasteiger partial charge in [0, 0.05) is 6.61 Å². The van der Waals surface area contributed by atoms with Crippen LogP contribution in [0.4, 0.5) is 0 Å². The van der Waals surface area contributed by atoms with E-state index in [0.717, 1.165) is 13.0 Å². The SMILES string of the molecule is CCCCC(/C=C/c1ccccc1)OCC. The zero-order valence-electron chi connectivity index (χ0n) is 10.4. The van der Waals surface area contributed by atoms with E-state index in [9.17, 15) is 0 Å². The molecule has 0 spiro atoms. The summed E-state index contributed by atoms with van der Waals surface area (Å²) in [4.78, 5) is 0. The van der Waals surface area contributed by atoms with E-state index in [1.54, 1.807) is 0 Å². The summed E-state index contributed by atoms with van der Waals surface area (Å²) in [5.41, 5.74) is 1.24. The van der Waals surface area contributed by atoms with E-state index in [1.165, 1.54) is 18.4 Å². The first-order valence-electron chi connectivity index (χ1n) is 6.21. The lowest BCUT2D eigenvalue weighted by atomic mass is 10.1. The first kappa shape index (κ1) is 13.0. The number of unbranched alkanes of at least 4 members (excludes halogenated alkanes) is 1. The molecule has 1 unspecified atom stereocenters. The van der Waals surface area contributed by atoms with Crippen LogP contribution in [0, 0.1) is 0 Å². The number of hydrogen-bond donors (Lipinski definition) is 0. The van der Waals surface area contributed by atoms with Crippen molar-refractivity contribution in [1.82, 2.24) is 0 Å². The Morgan fingerprint density at radius 1 is 1.19 bits per heavy atom. The van der Waals surface area contributed by atoms with Crippen molar-refractivity contribution in [3.8, 4) is 0 Å². The molecule has 0 aromatic heterocycles. The molecular formula is C15H22O. The number of rotatable bonds is 7. The van der Waals surface area contributed by atoms with E-state index >= 15 is 0 Å². The lowest BCUT2D eigenvalue weighted by molar-refractivity contribution is 0.0892. The molecule has 0 saturated carbocycles. The highest BCUT2D eigenvalue weighted by Crippen LogP contribution is 2.09. The second-order valence-electron chi connectivity index (χ2n) is 3.91. The van der Waals surface area contributed by atoms with E-state index in [4.69, 9.17) is 4.74 Å². The molecule has 1 atom stereocenters. The van der Waals surface area contributed by atoms with Gasteiger partial charge in [-0.3, -0.25) is 0 Å². The molecule has 1 rings (SSSR count). The molecule has 0 bridgehead atoms. The molecular weight excluding hydrogens is 196 g/mol. The van der Waals surface area contributed by atoms with Crippen molar-refractivity contribution in [1.29, 1.82) is 0 Å². The van der Waals surface area contributed by atoms with Crippen LogP contribution >= 0.6 is 0 Å².